The van der Waals surface area contributed by atoms with E-state index in [0.717, 1.165) is 49.1 Å². The van der Waals surface area contributed by atoms with Crippen molar-refractivity contribution in [2.24, 2.45) is 0 Å². The molecule has 0 saturated heterocycles. The zero-order valence-electron chi connectivity index (χ0n) is 17.9. The van der Waals surface area contributed by atoms with Gasteiger partial charge in [0, 0.05) is 36.2 Å². The van der Waals surface area contributed by atoms with Crippen LogP contribution in [0.15, 0.2) is 46.8 Å². The van der Waals surface area contributed by atoms with Crippen LogP contribution in [0.5, 0.6) is 5.75 Å². The molecule has 0 fully saturated rings. The number of rotatable bonds is 7. The molecular weight excluding hydrogens is 382 g/mol. The van der Waals surface area contributed by atoms with Crippen molar-refractivity contribution in [1.29, 1.82) is 0 Å². The maximum Gasteiger partial charge on any atom is 0.336 e. The number of carbonyl (C=O) groups is 3. The van der Waals surface area contributed by atoms with Crippen molar-refractivity contribution in [2.75, 3.05) is 6.61 Å². The second kappa shape index (κ2) is 9.74. The minimum Gasteiger partial charge on any atom is -0.462 e. The van der Waals surface area contributed by atoms with E-state index in [4.69, 9.17) is 9.47 Å². The smallest absolute Gasteiger partial charge is 0.336 e. The zero-order chi connectivity index (χ0) is 21.7. The Balaban J connectivity index is 1.96. The van der Waals surface area contributed by atoms with Gasteiger partial charge in [0.05, 0.1) is 12.2 Å². The number of ether oxygens (including phenoxy) is 2. The Morgan fingerprint density at radius 1 is 1.13 bits per heavy atom. The topological polar surface area (TPSA) is 81.7 Å². The van der Waals surface area contributed by atoms with E-state index in [2.05, 4.69) is 12.2 Å². The van der Waals surface area contributed by atoms with Crippen molar-refractivity contribution < 1.29 is 23.9 Å². The fourth-order valence-electron chi connectivity index (χ4n) is 4.08. The number of hydrogen-bond donors (Lipinski definition) is 1. The van der Waals surface area contributed by atoms with Gasteiger partial charge in [-0.25, -0.2) is 4.79 Å². The zero-order valence-corrected chi connectivity index (χ0v) is 17.9. The molecule has 1 aliphatic heterocycles. The van der Waals surface area contributed by atoms with Crippen molar-refractivity contribution in [3.8, 4) is 5.75 Å². The normalized spacial score (nSPS) is 18.6. The van der Waals surface area contributed by atoms with Crippen molar-refractivity contribution >= 4 is 17.7 Å². The number of esters is 2. The first-order valence-electron chi connectivity index (χ1n) is 10.6. The summed E-state index contributed by atoms with van der Waals surface area (Å²) >= 11 is 0. The van der Waals surface area contributed by atoms with Gasteiger partial charge in [-0.05, 0) is 43.9 Å². The minimum atomic E-state index is -0.487. The lowest BCUT2D eigenvalue weighted by Gasteiger charge is -2.34. The molecule has 0 amide bonds. The summed E-state index contributed by atoms with van der Waals surface area (Å²) in [6.07, 6.45) is 4.91. The number of unbranched alkanes of at least 4 members (excludes halogenated alkanes) is 2. The van der Waals surface area contributed by atoms with Crippen LogP contribution in [0.4, 0.5) is 0 Å². The third-order valence-corrected chi connectivity index (χ3v) is 5.45. The summed E-state index contributed by atoms with van der Waals surface area (Å²) in [6.45, 7) is 5.65. The summed E-state index contributed by atoms with van der Waals surface area (Å²) in [6, 6.07) is 6.98. The van der Waals surface area contributed by atoms with Crippen LogP contribution in [-0.4, -0.2) is 24.3 Å². The lowest BCUT2D eigenvalue weighted by Crippen LogP contribution is -2.34. The van der Waals surface area contributed by atoms with Gasteiger partial charge >= 0.3 is 11.9 Å². The summed E-state index contributed by atoms with van der Waals surface area (Å²) in [7, 11) is 0. The van der Waals surface area contributed by atoms with Crippen LogP contribution in [-0.2, 0) is 19.1 Å². The van der Waals surface area contributed by atoms with Gasteiger partial charge in [-0.1, -0.05) is 31.9 Å². The molecule has 0 aromatic heterocycles. The van der Waals surface area contributed by atoms with Crippen LogP contribution in [0.3, 0.4) is 0 Å². The van der Waals surface area contributed by atoms with E-state index in [1.165, 1.54) is 6.92 Å². The Morgan fingerprint density at radius 3 is 2.53 bits per heavy atom. The third-order valence-electron chi connectivity index (χ3n) is 5.45. The van der Waals surface area contributed by atoms with Gasteiger partial charge in [0.2, 0.25) is 0 Å². The average Bonchev–Trinajstić information content (AvgIpc) is 2.70. The van der Waals surface area contributed by atoms with Gasteiger partial charge in [0.1, 0.15) is 5.75 Å². The highest BCUT2D eigenvalue weighted by Crippen LogP contribution is 2.42. The highest BCUT2D eigenvalue weighted by Gasteiger charge is 2.39. The Hall–Kier alpha value is -2.89. The molecule has 3 rings (SSSR count). The number of dihydropyridines is 1. The molecule has 1 aliphatic carbocycles. The molecule has 6 nitrogen and oxygen atoms in total. The van der Waals surface area contributed by atoms with Gasteiger partial charge in [0.15, 0.2) is 5.78 Å². The Morgan fingerprint density at radius 2 is 1.87 bits per heavy atom. The van der Waals surface area contributed by atoms with Gasteiger partial charge in [-0.2, -0.15) is 0 Å². The molecule has 0 saturated carbocycles. The molecule has 6 heteroatoms. The van der Waals surface area contributed by atoms with Gasteiger partial charge in [-0.3, -0.25) is 9.59 Å². The quantitative estimate of drug-likeness (QED) is 0.409. The Labute approximate surface area is 177 Å². The number of ketones is 1. The summed E-state index contributed by atoms with van der Waals surface area (Å²) in [4.78, 5) is 37.1. The third kappa shape index (κ3) is 4.81. The fourth-order valence-corrected chi connectivity index (χ4v) is 4.08. The molecule has 30 heavy (non-hydrogen) atoms. The maximum absolute atomic E-state index is 13.0. The van der Waals surface area contributed by atoms with Gasteiger partial charge < -0.3 is 14.8 Å². The fraction of sp³-hybridized carbons (Fsp3) is 0.458. The van der Waals surface area contributed by atoms with E-state index >= 15 is 0 Å². The monoisotopic (exact) mass is 411 g/mol. The molecule has 0 spiro atoms. The van der Waals surface area contributed by atoms with Crippen molar-refractivity contribution in [3.05, 3.63) is 52.4 Å². The molecule has 0 radical (unpaired) electrons. The first kappa shape index (κ1) is 21.8. The number of carbonyl (C=O) groups excluding carboxylic acids is 3. The highest BCUT2D eigenvalue weighted by atomic mass is 16.5. The molecule has 160 valence electrons. The molecule has 1 heterocycles. The predicted molar refractivity (Wildman–Crippen MR) is 113 cm³/mol. The predicted octanol–water partition coefficient (Wildman–Crippen LogP) is 4.31. The van der Waals surface area contributed by atoms with E-state index in [-0.39, 0.29) is 5.78 Å². The first-order valence-corrected chi connectivity index (χ1v) is 10.6. The molecule has 0 unspecified atom stereocenters. The van der Waals surface area contributed by atoms with Crippen LogP contribution in [0.1, 0.15) is 70.8 Å². The molecule has 1 atom stereocenters. The molecule has 1 N–H and O–H groups in total. The van der Waals surface area contributed by atoms with Gasteiger partial charge in [0.25, 0.3) is 0 Å². The molecule has 1 aromatic rings. The van der Waals surface area contributed by atoms with E-state index < -0.39 is 17.9 Å². The second-order valence-corrected chi connectivity index (χ2v) is 7.77. The number of hydrogen-bond acceptors (Lipinski definition) is 6. The van der Waals surface area contributed by atoms with Crippen LogP contribution in [0.25, 0.3) is 0 Å². The van der Waals surface area contributed by atoms with Crippen molar-refractivity contribution in [3.63, 3.8) is 0 Å². The summed E-state index contributed by atoms with van der Waals surface area (Å²) in [5, 5.41) is 3.29. The molecule has 1 aromatic carbocycles. The highest BCUT2D eigenvalue weighted by molar-refractivity contribution is 6.03. The largest absolute Gasteiger partial charge is 0.462 e. The first-order chi connectivity index (χ1) is 14.4. The second-order valence-electron chi connectivity index (χ2n) is 7.77. The standard InChI is InChI=1S/C24H29NO5/c1-4-5-6-14-29-24(28)21-15(2)25-19-8-7-9-20(27)23(19)22(21)17-10-12-18(13-11-17)30-16(3)26/h10-13,22,25H,4-9,14H2,1-3H3/t22-/m0/s1. The maximum atomic E-state index is 13.0. The molecular formula is C24H29NO5. The number of benzene rings is 1. The summed E-state index contributed by atoms with van der Waals surface area (Å²) in [5.74, 6) is -0.798. The number of allylic oxidation sites excluding steroid dienone is 3. The number of nitrogens with one attached hydrogen (secondary N) is 1. The van der Waals surface area contributed by atoms with Crippen LogP contribution in [0, 0.1) is 0 Å². The lowest BCUT2D eigenvalue weighted by molar-refractivity contribution is -0.139. The minimum absolute atomic E-state index is 0.0570. The van der Waals surface area contributed by atoms with E-state index in [1.807, 2.05) is 6.92 Å². The Bertz CT molecular complexity index is 895. The van der Waals surface area contributed by atoms with E-state index in [0.29, 0.717) is 29.9 Å². The number of Topliss-reactive ketones (excluding diaryl/α,β-unsaturated/α-hetero) is 1. The van der Waals surface area contributed by atoms with E-state index in [1.54, 1.807) is 24.3 Å². The lowest BCUT2D eigenvalue weighted by atomic mass is 9.75. The van der Waals surface area contributed by atoms with E-state index in [9.17, 15) is 14.4 Å². The molecule has 2 aliphatic rings. The van der Waals surface area contributed by atoms with Crippen LogP contribution in [0.2, 0.25) is 0 Å². The van der Waals surface area contributed by atoms with Crippen LogP contribution < -0.4 is 10.1 Å². The van der Waals surface area contributed by atoms with Crippen molar-refractivity contribution in [2.45, 2.75) is 65.2 Å². The van der Waals surface area contributed by atoms with Gasteiger partial charge in [-0.15, -0.1) is 0 Å². The van der Waals surface area contributed by atoms with Crippen LogP contribution >= 0.6 is 0 Å². The molecule has 0 bridgehead atoms. The summed E-state index contributed by atoms with van der Waals surface area (Å²) in [5.41, 5.74) is 3.53. The van der Waals surface area contributed by atoms with Crippen molar-refractivity contribution in [1.82, 2.24) is 5.32 Å². The Kier molecular flexibility index (Phi) is 7.08. The summed E-state index contributed by atoms with van der Waals surface area (Å²) < 4.78 is 10.7. The SMILES string of the molecule is CCCCCOC(=O)C1=C(C)NC2=C(C(=O)CCC2)[C@H]1c1ccc(OC(C)=O)cc1. The average molecular weight is 411 g/mol.